The van der Waals surface area contributed by atoms with Gasteiger partial charge in [0.25, 0.3) is 0 Å². The molecule has 207 valence electrons. The van der Waals surface area contributed by atoms with E-state index in [9.17, 15) is 0 Å². The van der Waals surface area contributed by atoms with Gasteiger partial charge < -0.3 is 0 Å². The number of fused-ring (bicyclic) bond motifs is 2. The molecular weight excluding hydrogens is 706 g/mol. The van der Waals surface area contributed by atoms with Crippen LogP contribution in [0.3, 0.4) is 0 Å². The van der Waals surface area contributed by atoms with Gasteiger partial charge in [-0.05, 0) is 0 Å². The van der Waals surface area contributed by atoms with Crippen molar-refractivity contribution in [2.24, 2.45) is 0 Å². The van der Waals surface area contributed by atoms with Crippen LogP contribution in [-0.2, 0) is 0 Å². The number of hydrogen-bond acceptors (Lipinski definition) is 4. The molecule has 0 fully saturated rings. The summed E-state index contributed by atoms with van der Waals surface area (Å²) in [6.45, 7) is 6.23. The number of rotatable bonds is 18. The molecule has 0 unspecified atom stereocenters. The van der Waals surface area contributed by atoms with E-state index in [4.69, 9.17) is 9.47 Å². The van der Waals surface area contributed by atoms with E-state index in [2.05, 4.69) is 50.7 Å². The maximum atomic E-state index is 6.70. The van der Waals surface area contributed by atoms with Crippen molar-refractivity contribution in [2.45, 2.75) is 116 Å². The molecule has 0 amide bonds. The minimum absolute atomic E-state index is 0.829. The zero-order valence-corrected chi connectivity index (χ0v) is 32.0. The first-order valence-corrected chi connectivity index (χ1v) is 33.6. The summed E-state index contributed by atoms with van der Waals surface area (Å²) in [6, 6.07) is 4.99. The quantitative estimate of drug-likeness (QED) is 0.0951. The average molecular weight is 757 g/mol. The molecule has 0 aliphatic carbocycles. The van der Waals surface area contributed by atoms with Gasteiger partial charge in [0, 0.05) is 0 Å². The summed E-state index contributed by atoms with van der Waals surface area (Å²) in [4.78, 5) is 12.6. The molecule has 2 nitrogen and oxygen atoms in total. The van der Waals surface area contributed by atoms with E-state index in [0.29, 0.717) is 0 Å². The summed E-state index contributed by atoms with van der Waals surface area (Å²) in [6.07, 6.45) is 15.6. The number of hydrogen-bond donors (Lipinski definition) is 0. The third kappa shape index (κ3) is 9.17. The molecule has 2 heterocycles. The molecule has 37 heavy (non-hydrogen) atoms. The normalized spacial score (nSPS) is 12.3. The molecule has 0 aliphatic rings. The van der Waals surface area contributed by atoms with Crippen molar-refractivity contribution in [3.05, 3.63) is 12.1 Å². The van der Waals surface area contributed by atoms with Crippen LogP contribution in [0.4, 0.5) is 0 Å². The fourth-order valence-electron chi connectivity index (χ4n) is 4.72. The van der Waals surface area contributed by atoms with Crippen molar-refractivity contribution in [3.8, 4) is 11.5 Å². The van der Waals surface area contributed by atoms with Gasteiger partial charge in [-0.15, -0.1) is 0 Å². The Hall–Kier alpha value is 0.337. The van der Waals surface area contributed by atoms with Crippen LogP contribution < -0.4 is 15.3 Å². The number of thiophene rings is 2. The minimum atomic E-state index is -2.23. The second kappa shape index (κ2) is 15.9. The van der Waals surface area contributed by atoms with Crippen LogP contribution in [0.15, 0.2) is 12.1 Å². The van der Waals surface area contributed by atoms with E-state index in [1.807, 2.05) is 22.7 Å². The van der Waals surface area contributed by atoms with E-state index in [1.165, 1.54) is 84.4 Å². The summed E-state index contributed by atoms with van der Waals surface area (Å²) in [7, 11) is 0. The van der Waals surface area contributed by atoms with E-state index in [1.54, 1.807) is 5.79 Å². The molecule has 3 rings (SSSR count). The first-order chi connectivity index (χ1) is 17.8. The second-order valence-corrected chi connectivity index (χ2v) is 37.6. The van der Waals surface area contributed by atoms with Crippen molar-refractivity contribution in [1.29, 1.82) is 0 Å². The van der Waals surface area contributed by atoms with Gasteiger partial charge in [0.05, 0.1) is 0 Å². The van der Waals surface area contributed by atoms with Gasteiger partial charge in [-0.3, -0.25) is 0 Å². The monoisotopic (exact) mass is 759 g/mol. The Labute approximate surface area is 246 Å². The topological polar surface area (TPSA) is 18.5 Å². The fraction of sp³-hybridized carbons (Fsp3) is 0.677. The zero-order chi connectivity index (χ0) is 26.8. The Balaban J connectivity index is 1.92. The first-order valence-electron chi connectivity index (χ1n) is 14.9. The molecule has 1 aromatic carbocycles. The zero-order valence-electron chi connectivity index (χ0n) is 24.7. The molecule has 0 bridgehead atoms. The SMILES string of the molecule is CCCCCCCCOc1c2c[c]([Sn]([CH3])([CH3])[CH3])sc2c(OCCCCCCCC)c2c[c]([Sn]([CH3])[CH3])sc12. The van der Waals surface area contributed by atoms with Crippen LogP contribution in [0.1, 0.15) is 90.9 Å². The van der Waals surface area contributed by atoms with Crippen LogP contribution in [0.2, 0.25) is 24.7 Å². The van der Waals surface area contributed by atoms with Gasteiger partial charge in [-0.2, -0.15) is 0 Å². The van der Waals surface area contributed by atoms with E-state index >= 15 is 0 Å². The molecule has 0 atom stereocenters. The van der Waals surface area contributed by atoms with Gasteiger partial charge in [-0.1, -0.05) is 13.8 Å². The molecule has 0 saturated carbocycles. The van der Waals surface area contributed by atoms with Crippen LogP contribution in [-0.4, -0.2) is 51.4 Å². The number of ether oxygens (including phenoxy) is 2. The third-order valence-electron chi connectivity index (χ3n) is 7.09. The summed E-state index contributed by atoms with van der Waals surface area (Å²) >= 11 is 0.287. The van der Waals surface area contributed by atoms with Gasteiger partial charge in [0.2, 0.25) is 0 Å². The van der Waals surface area contributed by atoms with Crippen molar-refractivity contribution in [1.82, 2.24) is 0 Å². The van der Waals surface area contributed by atoms with Crippen LogP contribution in [0, 0.1) is 0 Å². The van der Waals surface area contributed by atoms with Crippen molar-refractivity contribution in [2.75, 3.05) is 13.2 Å². The van der Waals surface area contributed by atoms with E-state index in [0.717, 1.165) is 37.6 Å². The summed E-state index contributed by atoms with van der Waals surface area (Å²) in [5.41, 5.74) is 0. The Morgan fingerprint density at radius 3 is 1.59 bits per heavy atom. The molecule has 1 radical (unpaired) electrons. The summed E-state index contributed by atoms with van der Waals surface area (Å²) < 4.78 is 19.3. The molecule has 0 spiro atoms. The van der Waals surface area contributed by atoms with Crippen LogP contribution >= 0.6 is 22.7 Å². The van der Waals surface area contributed by atoms with Crippen LogP contribution in [0.25, 0.3) is 20.2 Å². The molecule has 6 heteroatoms. The van der Waals surface area contributed by atoms with Gasteiger partial charge in [-0.25, -0.2) is 0 Å². The molecule has 0 saturated heterocycles. The van der Waals surface area contributed by atoms with E-state index < -0.39 is 38.1 Å². The molecule has 0 N–H and O–H groups in total. The molecule has 0 aliphatic heterocycles. The molecule has 2 aromatic heterocycles. The fourth-order valence-corrected chi connectivity index (χ4v) is 16.1. The average Bonchev–Trinajstić information content (AvgIpc) is 3.49. The Kier molecular flexibility index (Phi) is 13.7. The second-order valence-electron chi connectivity index (χ2n) is 11.8. The number of benzene rings is 1. The van der Waals surface area contributed by atoms with Crippen molar-refractivity contribution < 1.29 is 9.47 Å². The Morgan fingerprint density at radius 1 is 0.649 bits per heavy atom. The predicted octanol–water partition coefficient (Wildman–Crippen LogP) is 10.1. The van der Waals surface area contributed by atoms with Gasteiger partial charge >= 0.3 is 235 Å². The molecular formula is C31H51O2S2Sn2. The maximum absolute atomic E-state index is 6.70. The Morgan fingerprint density at radius 2 is 1.11 bits per heavy atom. The van der Waals surface area contributed by atoms with E-state index in [-0.39, 0.29) is 0 Å². The molecule has 3 aromatic rings. The van der Waals surface area contributed by atoms with Crippen molar-refractivity contribution >= 4 is 86.8 Å². The third-order valence-corrected chi connectivity index (χ3v) is 25.4. The van der Waals surface area contributed by atoms with Crippen molar-refractivity contribution in [3.63, 3.8) is 0 Å². The Bertz CT molecular complexity index is 1020. The summed E-state index contributed by atoms with van der Waals surface area (Å²) in [5, 5.41) is 2.66. The standard InChI is InChI=1S/C26H36O2S2.5CH3.2Sn/c1-3-5-7-9-11-13-17-27-23-21-15-19-30-26(21)24(22-16-20-29-25(22)23)28-18-14-12-10-8-6-4-2;;;;;;;/h15-16H,3-14,17-18H2,1-2H3;5*1H3;;. The van der Waals surface area contributed by atoms with Gasteiger partial charge in [0.15, 0.2) is 0 Å². The van der Waals surface area contributed by atoms with Crippen LogP contribution in [0.5, 0.6) is 11.5 Å². The summed E-state index contributed by atoms with van der Waals surface area (Å²) in [5.74, 6) is 2.31. The predicted molar refractivity (Wildman–Crippen MR) is 175 cm³/mol. The van der Waals surface area contributed by atoms with Gasteiger partial charge in [0.1, 0.15) is 0 Å². The first kappa shape index (κ1) is 31.9. The number of unbranched alkanes of at least 4 members (excludes halogenated alkanes) is 10.